The Labute approximate surface area is 126 Å². The van der Waals surface area contributed by atoms with Gasteiger partial charge in [-0.25, -0.2) is 0 Å². The van der Waals surface area contributed by atoms with Crippen molar-refractivity contribution in [3.8, 4) is 0 Å². The molecule has 2 unspecified atom stereocenters. The van der Waals surface area contributed by atoms with E-state index in [2.05, 4.69) is 53.6 Å². The summed E-state index contributed by atoms with van der Waals surface area (Å²) in [6.07, 6.45) is 4.04. The molecule has 0 aliphatic heterocycles. The Kier molecular flexibility index (Phi) is 4.34. The van der Waals surface area contributed by atoms with Gasteiger partial charge in [0.1, 0.15) is 0 Å². The summed E-state index contributed by atoms with van der Waals surface area (Å²) >= 11 is 0. The highest BCUT2D eigenvalue weighted by molar-refractivity contribution is 5.31. The molecule has 4 heteroatoms. The lowest BCUT2D eigenvalue weighted by Crippen LogP contribution is -2.27. The van der Waals surface area contributed by atoms with Gasteiger partial charge in [0.05, 0.1) is 0 Å². The maximum Gasteiger partial charge on any atom is 0.228 e. The first-order valence-electron chi connectivity index (χ1n) is 7.89. The smallest absolute Gasteiger partial charge is 0.228 e. The molecule has 1 aromatic carbocycles. The fourth-order valence-corrected chi connectivity index (χ4v) is 3.12. The molecule has 0 fully saturated rings. The minimum absolute atomic E-state index is 0.371. The SMILES string of the molecule is CCNC(C)Cc1nc(C2CCc3ccccc3C2)no1. The number of hydrogen-bond donors (Lipinski definition) is 1. The van der Waals surface area contributed by atoms with Crippen molar-refractivity contribution in [2.24, 2.45) is 0 Å². The van der Waals surface area contributed by atoms with Crippen molar-refractivity contribution in [1.29, 1.82) is 0 Å². The summed E-state index contributed by atoms with van der Waals surface area (Å²) in [5.74, 6) is 2.02. The minimum Gasteiger partial charge on any atom is -0.339 e. The van der Waals surface area contributed by atoms with E-state index in [1.54, 1.807) is 0 Å². The monoisotopic (exact) mass is 285 g/mol. The average Bonchev–Trinajstić information content (AvgIpc) is 2.95. The van der Waals surface area contributed by atoms with Gasteiger partial charge in [-0.05, 0) is 43.9 Å². The lowest BCUT2D eigenvalue weighted by Gasteiger charge is -2.21. The van der Waals surface area contributed by atoms with Crippen LogP contribution in [0.25, 0.3) is 0 Å². The Balaban J connectivity index is 1.67. The van der Waals surface area contributed by atoms with Crippen LogP contribution in [-0.2, 0) is 19.3 Å². The van der Waals surface area contributed by atoms with Crippen LogP contribution < -0.4 is 5.32 Å². The van der Waals surface area contributed by atoms with E-state index in [-0.39, 0.29) is 0 Å². The first-order chi connectivity index (χ1) is 10.3. The molecule has 1 heterocycles. The van der Waals surface area contributed by atoms with Gasteiger partial charge in [-0.2, -0.15) is 4.98 Å². The molecule has 0 saturated carbocycles. The summed E-state index contributed by atoms with van der Waals surface area (Å²) in [4.78, 5) is 4.61. The van der Waals surface area contributed by atoms with Gasteiger partial charge in [-0.1, -0.05) is 36.3 Å². The summed E-state index contributed by atoms with van der Waals surface area (Å²) in [5.41, 5.74) is 2.90. The first-order valence-corrected chi connectivity index (χ1v) is 7.89. The van der Waals surface area contributed by atoms with Crippen LogP contribution in [0, 0.1) is 0 Å². The number of nitrogens with zero attached hydrogens (tertiary/aromatic N) is 2. The molecule has 0 bridgehead atoms. The minimum atomic E-state index is 0.371. The van der Waals surface area contributed by atoms with E-state index in [9.17, 15) is 0 Å². The third kappa shape index (κ3) is 3.32. The van der Waals surface area contributed by atoms with E-state index in [1.165, 1.54) is 11.1 Å². The van der Waals surface area contributed by atoms with Crippen LogP contribution in [0.1, 0.15) is 49.0 Å². The number of aromatic nitrogens is 2. The Bertz CT molecular complexity index is 593. The van der Waals surface area contributed by atoms with Gasteiger partial charge in [0.2, 0.25) is 5.89 Å². The zero-order valence-corrected chi connectivity index (χ0v) is 12.8. The van der Waals surface area contributed by atoms with Gasteiger partial charge < -0.3 is 9.84 Å². The molecule has 0 saturated heterocycles. The Morgan fingerprint density at radius 1 is 1.33 bits per heavy atom. The van der Waals surface area contributed by atoms with Crippen molar-refractivity contribution in [1.82, 2.24) is 15.5 Å². The van der Waals surface area contributed by atoms with E-state index >= 15 is 0 Å². The number of nitrogens with one attached hydrogen (secondary N) is 1. The van der Waals surface area contributed by atoms with Gasteiger partial charge in [0.25, 0.3) is 0 Å². The Morgan fingerprint density at radius 3 is 2.95 bits per heavy atom. The van der Waals surface area contributed by atoms with Crippen LogP contribution in [0.4, 0.5) is 0 Å². The molecule has 21 heavy (non-hydrogen) atoms. The lowest BCUT2D eigenvalue weighted by atomic mass is 9.83. The van der Waals surface area contributed by atoms with Crippen LogP contribution in [0.15, 0.2) is 28.8 Å². The summed E-state index contributed by atoms with van der Waals surface area (Å²) < 4.78 is 5.42. The second-order valence-corrected chi connectivity index (χ2v) is 5.92. The molecule has 112 valence electrons. The fraction of sp³-hybridized carbons (Fsp3) is 0.529. The fourth-order valence-electron chi connectivity index (χ4n) is 3.12. The predicted molar refractivity (Wildman–Crippen MR) is 82.3 cm³/mol. The Hall–Kier alpha value is -1.68. The molecular weight excluding hydrogens is 262 g/mol. The summed E-state index contributed by atoms with van der Waals surface area (Å²) in [6.45, 7) is 5.21. The maximum atomic E-state index is 5.42. The van der Waals surface area contributed by atoms with Gasteiger partial charge in [0, 0.05) is 18.4 Å². The van der Waals surface area contributed by atoms with Crippen molar-refractivity contribution in [3.63, 3.8) is 0 Å². The quantitative estimate of drug-likeness (QED) is 0.917. The standard InChI is InChI=1S/C17H23N3O/c1-3-18-12(2)10-16-19-17(20-21-16)15-9-8-13-6-4-5-7-14(13)11-15/h4-7,12,15,18H,3,8-11H2,1-2H3. The predicted octanol–water partition coefficient (Wildman–Crippen LogP) is 2.88. The highest BCUT2D eigenvalue weighted by Crippen LogP contribution is 2.31. The van der Waals surface area contributed by atoms with E-state index in [4.69, 9.17) is 4.52 Å². The van der Waals surface area contributed by atoms with Crippen molar-refractivity contribution in [2.75, 3.05) is 6.54 Å². The summed E-state index contributed by atoms with van der Waals surface area (Å²) in [7, 11) is 0. The van der Waals surface area contributed by atoms with Gasteiger partial charge in [0.15, 0.2) is 5.82 Å². The maximum absolute atomic E-state index is 5.42. The van der Waals surface area contributed by atoms with Crippen molar-refractivity contribution < 1.29 is 4.52 Å². The molecule has 1 N–H and O–H groups in total. The molecule has 4 nitrogen and oxygen atoms in total. The number of rotatable bonds is 5. The van der Waals surface area contributed by atoms with Crippen LogP contribution in [-0.4, -0.2) is 22.7 Å². The van der Waals surface area contributed by atoms with Crippen LogP contribution in [0.2, 0.25) is 0 Å². The largest absolute Gasteiger partial charge is 0.339 e. The molecule has 1 aliphatic carbocycles. The van der Waals surface area contributed by atoms with Gasteiger partial charge >= 0.3 is 0 Å². The number of fused-ring (bicyclic) bond motifs is 1. The molecule has 0 spiro atoms. The number of likely N-dealkylation sites (N-methyl/N-ethyl adjacent to an activating group) is 1. The van der Waals surface area contributed by atoms with Crippen molar-refractivity contribution >= 4 is 0 Å². The molecule has 2 atom stereocenters. The van der Waals surface area contributed by atoms with Crippen LogP contribution in [0.3, 0.4) is 0 Å². The van der Waals surface area contributed by atoms with Crippen molar-refractivity contribution in [3.05, 3.63) is 47.1 Å². The van der Waals surface area contributed by atoms with Gasteiger partial charge in [-0.15, -0.1) is 0 Å². The highest BCUT2D eigenvalue weighted by Gasteiger charge is 2.24. The second kappa shape index (κ2) is 6.39. The van der Waals surface area contributed by atoms with Crippen molar-refractivity contribution in [2.45, 2.75) is 51.5 Å². The van der Waals surface area contributed by atoms with E-state index < -0.39 is 0 Å². The van der Waals surface area contributed by atoms with Gasteiger partial charge in [-0.3, -0.25) is 0 Å². The molecule has 1 aliphatic rings. The lowest BCUT2D eigenvalue weighted by molar-refractivity contribution is 0.354. The molecule has 2 aromatic rings. The van der Waals surface area contributed by atoms with E-state index in [1.807, 2.05) is 0 Å². The zero-order chi connectivity index (χ0) is 14.7. The number of hydrogen-bond acceptors (Lipinski definition) is 4. The summed E-state index contributed by atoms with van der Waals surface area (Å²) in [5, 5.41) is 7.58. The molecule has 0 radical (unpaired) electrons. The molecule has 3 rings (SSSR count). The third-order valence-electron chi connectivity index (χ3n) is 4.23. The Morgan fingerprint density at radius 2 is 2.14 bits per heavy atom. The topological polar surface area (TPSA) is 51.0 Å². The third-order valence-corrected chi connectivity index (χ3v) is 4.23. The average molecular weight is 285 g/mol. The normalized spacial score (nSPS) is 19.2. The highest BCUT2D eigenvalue weighted by atomic mass is 16.5. The molecule has 1 aromatic heterocycles. The zero-order valence-electron chi connectivity index (χ0n) is 12.8. The van der Waals surface area contributed by atoms with E-state index in [0.717, 1.165) is 43.9 Å². The number of benzene rings is 1. The van der Waals surface area contributed by atoms with Crippen LogP contribution >= 0.6 is 0 Å². The van der Waals surface area contributed by atoms with Crippen LogP contribution in [0.5, 0.6) is 0 Å². The second-order valence-electron chi connectivity index (χ2n) is 5.92. The molecular formula is C17H23N3O. The molecule has 0 amide bonds. The summed E-state index contributed by atoms with van der Waals surface area (Å²) in [6, 6.07) is 9.05. The number of aryl methyl sites for hydroxylation is 1. The first kappa shape index (κ1) is 14.3. The van der Waals surface area contributed by atoms with E-state index in [0.29, 0.717) is 12.0 Å².